The van der Waals surface area contributed by atoms with Gasteiger partial charge in [-0.15, -0.1) is 47.0 Å². The number of hydrogen-bond acceptors (Lipinski definition) is 22. The minimum atomic E-state index is 0.537. The predicted octanol–water partition coefficient (Wildman–Crippen LogP) is 30.2. The summed E-state index contributed by atoms with van der Waals surface area (Å²) in [6.45, 7) is 11.4. The zero-order valence-electron chi connectivity index (χ0n) is 72.8. The highest BCUT2D eigenvalue weighted by Crippen LogP contribution is 2.51. The van der Waals surface area contributed by atoms with Crippen LogP contribution in [-0.4, -0.2) is 82.8 Å². The maximum atomic E-state index is 5.93. The Kier molecular flexibility index (Phi) is 31.8. The van der Waals surface area contributed by atoms with E-state index in [9.17, 15) is 0 Å². The van der Waals surface area contributed by atoms with Gasteiger partial charge in [0.25, 0.3) is 0 Å². The molecule has 9 heterocycles. The third kappa shape index (κ3) is 22.9. The van der Waals surface area contributed by atoms with Crippen LogP contribution in [0.25, 0.3) is 89.7 Å². The lowest BCUT2D eigenvalue weighted by Gasteiger charge is -2.15. The van der Waals surface area contributed by atoms with Crippen molar-refractivity contribution in [1.29, 1.82) is 0 Å². The molecular weight excluding hydrogens is 1730 g/mol. The number of fused-ring (bicyclic) bond motifs is 20. The lowest BCUT2D eigenvalue weighted by Crippen LogP contribution is -2.02. The first-order chi connectivity index (χ1) is 63.3. The van der Waals surface area contributed by atoms with Gasteiger partial charge in [0, 0.05) is 150 Å². The van der Waals surface area contributed by atoms with Gasteiger partial charge in [-0.25, -0.2) is 29.9 Å². The zero-order valence-corrected chi connectivity index (χ0v) is 79.3. The topological polar surface area (TPSA) is 209 Å². The maximum Gasteiger partial charge on any atom is 0.164 e. The van der Waals surface area contributed by atoms with Gasteiger partial charge in [-0.05, 0) is 194 Å². The van der Waals surface area contributed by atoms with Crippen LogP contribution >= 0.6 is 94.1 Å². The van der Waals surface area contributed by atoms with E-state index in [1.165, 1.54) is 25.7 Å². The zero-order chi connectivity index (χ0) is 87.0. The molecule has 0 fully saturated rings. The van der Waals surface area contributed by atoms with Gasteiger partial charge in [-0.3, -0.25) is 19.9 Å². The van der Waals surface area contributed by atoms with E-state index in [-0.39, 0.29) is 0 Å². The molecule has 17 rings (SSSR count). The number of H-pyrrole nitrogens is 2. The van der Waals surface area contributed by atoms with Gasteiger partial charge in [0.1, 0.15) is 22.6 Å². The Balaban J connectivity index is 0.927. The van der Waals surface area contributed by atoms with E-state index in [2.05, 4.69) is 229 Å². The van der Waals surface area contributed by atoms with Crippen LogP contribution in [0.1, 0.15) is 153 Å². The van der Waals surface area contributed by atoms with Gasteiger partial charge < -0.3 is 31.2 Å². The Morgan fingerprint density at radius 2 is 0.469 bits per heavy atom. The Hall–Kier alpha value is -10.3. The van der Waals surface area contributed by atoms with Crippen LogP contribution in [0.4, 0.5) is 22.7 Å². The van der Waals surface area contributed by atoms with E-state index in [1.54, 1.807) is 47.0 Å². The van der Waals surface area contributed by atoms with Crippen molar-refractivity contribution in [1.82, 2.24) is 59.8 Å². The van der Waals surface area contributed by atoms with E-state index in [1.807, 2.05) is 120 Å². The third-order valence-corrected chi connectivity index (χ3v) is 31.9. The van der Waals surface area contributed by atoms with Crippen molar-refractivity contribution in [3.8, 4) is 45.6 Å². The molecule has 2 aliphatic heterocycles. The SMILES string of the molecule is CCCCCCSc1cc2c(cc1Sc1ccccc1NCc1ccccn1)-c1nc-2nc2[nH]c(nc3nc(nc4[nH]c(n1)c1cc(SCCCCCC)c(Sc5ccccc5NCc5ccccn5)cc41)-c1cc(SCCCCCC)c(Sc4ccccc4NCc4ccccn4)cc1-3)c1cc(SCCCCCC)c(Sc3ccccc3NCc3ccccn3)cc21. The number of rotatable bonds is 44. The predicted molar refractivity (Wildman–Crippen MR) is 544 cm³/mol. The number of nitrogens with one attached hydrogen (secondary N) is 6. The minimum Gasteiger partial charge on any atom is -0.378 e. The molecule has 0 amide bonds. The van der Waals surface area contributed by atoms with Gasteiger partial charge in [0.05, 0.1) is 49.0 Å². The monoisotopic (exact) mass is 1830 g/mol. The number of unbranched alkanes of at least 4 members (excludes halogenated alkanes) is 12. The van der Waals surface area contributed by atoms with Gasteiger partial charge >= 0.3 is 0 Å². The largest absolute Gasteiger partial charge is 0.378 e. The molecule has 0 radical (unpaired) electrons. The summed E-state index contributed by atoms with van der Waals surface area (Å²) >= 11 is 14.7. The molecule has 0 spiro atoms. The van der Waals surface area contributed by atoms with E-state index >= 15 is 0 Å². The molecule has 0 aliphatic carbocycles. The molecule has 6 N–H and O–H groups in total. The van der Waals surface area contributed by atoms with Crippen LogP contribution in [0.5, 0.6) is 0 Å². The fourth-order valence-electron chi connectivity index (χ4n) is 15.5. The van der Waals surface area contributed by atoms with Gasteiger partial charge in [0.15, 0.2) is 23.3 Å². The van der Waals surface area contributed by atoms with Crippen molar-refractivity contribution in [3.05, 3.63) is 266 Å². The summed E-state index contributed by atoms with van der Waals surface area (Å²) in [6.07, 6.45) is 25.7. The molecule has 16 nitrogen and oxygen atoms in total. The molecule has 0 atom stereocenters. The van der Waals surface area contributed by atoms with Crippen molar-refractivity contribution in [3.63, 3.8) is 0 Å². The highest BCUT2D eigenvalue weighted by Gasteiger charge is 2.29. The van der Waals surface area contributed by atoms with Crippen LogP contribution in [0, 0.1) is 0 Å². The van der Waals surface area contributed by atoms with Gasteiger partial charge in [0.2, 0.25) is 0 Å². The summed E-state index contributed by atoms with van der Waals surface area (Å²) in [5.41, 5.74) is 14.0. The molecule has 7 aromatic heterocycles. The van der Waals surface area contributed by atoms with Gasteiger partial charge in [-0.1, -0.05) is 225 Å². The van der Waals surface area contributed by atoms with Gasteiger partial charge in [-0.2, -0.15) is 0 Å². The molecule has 15 aromatic rings. The van der Waals surface area contributed by atoms with Crippen LogP contribution in [-0.2, 0) is 26.2 Å². The summed E-state index contributed by atoms with van der Waals surface area (Å²) in [6, 6.07) is 77.6. The number of pyridine rings is 4. The summed E-state index contributed by atoms with van der Waals surface area (Å²) in [5.74, 6) is 5.94. The molecule has 128 heavy (non-hydrogen) atoms. The first kappa shape index (κ1) is 89.7. The summed E-state index contributed by atoms with van der Waals surface area (Å²) < 4.78 is 0. The number of aromatic amines is 2. The van der Waals surface area contributed by atoms with E-state index in [4.69, 9.17) is 49.8 Å². The summed E-state index contributed by atoms with van der Waals surface area (Å²) in [4.78, 5) is 75.5. The van der Waals surface area contributed by atoms with Crippen molar-refractivity contribution >= 4 is 161 Å². The molecule has 24 heteroatoms. The Labute approximate surface area is 785 Å². The van der Waals surface area contributed by atoms with Crippen molar-refractivity contribution in [2.24, 2.45) is 0 Å². The molecule has 0 saturated carbocycles. The Bertz CT molecular complexity index is 6080. The molecule has 8 aromatic carbocycles. The normalized spacial score (nSPS) is 11.7. The first-order valence-electron chi connectivity index (χ1n) is 45.0. The molecule has 0 unspecified atom stereocenters. The smallest absolute Gasteiger partial charge is 0.164 e. The fraction of sp³-hybridized carbons (Fsp3) is 0.269. The third-order valence-electron chi connectivity index (χ3n) is 22.3. The van der Waals surface area contributed by atoms with E-state index in [0.29, 0.717) is 72.1 Å². The highest BCUT2D eigenvalue weighted by molar-refractivity contribution is 8.03. The second-order valence-corrected chi connectivity index (χ2v) is 40.6. The average Bonchev–Trinajstić information content (AvgIpc) is 1.59. The number of para-hydroxylation sites is 4. The first-order valence-corrected chi connectivity index (χ1v) is 52.2. The number of anilines is 4. The quantitative estimate of drug-likeness (QED) is 0.0155. The highest BCUT2D eigenvalue weighted by atomic mass is 32.2. The van der Waals surface area contributed by atoms with Crippen molar-refractivity contribution in [2.45, 2.75) is 215 Å². The minimum absolute atomic E-state index is 0.537. The average molecular weight is 1840 g/mol. The molecule has 650 valence electrons. The van der Waals surface area contributed by atoms with Crippen LogP contribution in [0.15, 0.2) is 302 Å². The number of aromatic nitrogens is 12. The Morgan fingerprint density at radius 3 is 0.727 bits per heavy atom. The van der Waals surface area contributed by atoms with E-state index < -0.39 is 0 Å². The second-order valence-electron chi connectivity index (χ2n) is 31.7. The second kappa shape index (κ2) is 45.3. The lowest BCUT2D eigenvalue weighted by atomic mass is 10.1. The van der Waals surface area contributed by atoms with Crippen molar-refractivity contribution in [2.75, 3.05) is 44.3 Å². The van der Waals surface area contributed by atoms with Crippen LogP contribution in [0.3, 0.4) is 0 Å². The van der Waals surface area contributed by atoms with Crippen molar-refractivity contribution < 1.29 is 0 Å². The number of nitrogens with zero attached hydrogens (tertiary/aromatic N) is 10. The molecule has 0 saturated heterocycles. The fourth-order valence-corrected chi connectivity index (χ4v) is 24.4. The van der Waals surface area contributed by atoms with Crippen LogP contribution in [0.2, 0.25) is 0 Å². The van der Waals surface area contributed by atoms with E-state index in [0.717, 1.165) is 248 Å². The summed E-state index contributed by atoms with van der Waals surface area (Å²) in [5, 5.41) is 18.7. The number of hydrogen-bond donors (Lipinski definition) is 6. The molecule has 2 aliphatic rings. The Morgan fingerprint density at radius 1 is 0.234 bits per heavy atom. The van der Waals surface area contributed by atoms with Crippen LogP contribution < -0.4 is 21.3 Å². The number of benzene rings is 8. The maximum absolute atomic E-state index is 5.93. The molecular formula is C104H106N16S8. The summed E-state index contributed by atoms with van der Waals surface area (Å²) in [7, 11) is 0. The number of thioether (sulfide) groups is 4. The molecule has 8 bridgehead atoms. The standard InChI is InChI=1S/C104H106N16S8/c1-5-9-13-33-53-121-89-57-73-77(61-93(89)125-85-45-21-17-41-81(85)109-65-69-37-25-29-49-105-69)101-113-97(73)117-102-78-62-94(126-86-46-22-18-42-82(86)110-66-70-38-26-30-50-106-70)90(122-54-34-14-10-6-2)58-74(78)99(114-102)119-104-80-64-96(128-88-48-24-20-44-84(88)112-68-72-40-28-32-52-108-72)92(124-56-36-16-12-8-4)60-76(80)100(116-104)120-103-79-63-95(91(123-55-35-15-11-7-3)59-75(79)98(115-103)118-101)127-87-47-23-19-43-83(87)111-67-71-39-27-31-51-107-71/h17-32,37-52,57-64,109-112H,5-16,33-36,53-56,65-68H2,1-4H3,(H2,113,114,115,116,117,118,119,120). The lowest BCUT2D eigenvalue weighted by molar-refractivity contribution is 0.706.